The van der Waals surface area contributed by atoms with Crippen LogP contribution in [-0.2, 0) is 4.74 Å². The van der Waals surface area contributed by atoms with Crippen LogP contribution in [0.15, 0.2) is 24.3 Å². The number of ether oxygens (including phenoxy) is 2. The number of nitrogen functional groups attached to an aromatic ring is 1. The highest BCUT2D eigenvalue weighted by molar-refractivity contribution is 5.88. The number of anilines is 1. The molecule has 5 nitrogen and oxygen atoms in total. The van der Waals surface area contributed by atoms with Crippen LogP contribution in [0, 0.1) is 0 Å². The predicted octanol–water partition coefficient (Wildman–Crippen LogP) is 1.66. The van der Waals surface area contributed by atoms with E-state index in [2.05, 4.69) is 9.97 Å². The molecule has 2 N–H and O–H groups in total. The quantitative estimate of drug-likeness (QED) is 0.842. The minimum atomic E-state index is 0. The van der Waals surface area contributed by atoms with Crippen LogP contribution in [0.5, 0.6) is 6.01 Å². The maximum absolute atomic E-state index is 5.80. The first-order valence-corrected chi connectivity index (χ1v) is 4.95. The Kier molecular flexibility index (Phi) is 4.93. The van der Waals surface area contributed by atoms with Crippen molar-refractivity contribution in [2.75, 3.05) is 26.1 Å². The van der Waals surface area contributed by atoms with Crippen molar-refractivity contribution >= 4 is 29.1 Å². The van der Waals surface area contributed by atoms with Gasteiger partial charge in [-0.1, -0.05) is 12.1 Å². The number of benzene rings is 1. The second kappa shape index (κ2) is 6.22. The molecule has 6 heteroatoms. The largest absolute Gasteiger partial charge is 0.461 e. The number of hydrogen-bond donors (Lipinski definition) is 1. The lowest BCUT2D eigenvalue weighted by Crippen LogP contribution is -2.07. The fourth-order valence-corrected chi connectivity index (χ4v) is 1.36. The molecule has 0 unspecified atom stereocenters. The van der Waals surface area contributed by atoms with Crippen molar-refractivity contribution in [1.82, 2.24) is 9.97 Å². The zero-order chi connectivity index (χ0) is 11.4. The van der Waals surface area contributed by atoms with E-state index in [9.17, 15) is 0 Å². The van der Waals surface area contributed by atoms with Crippen LogP contribution in [-0.4, -0.2) is 30.3 Å². The van der Waals surface area contributed by atoms with Crippen LogP contribution in [0.2, 0.25) is 0 Å². The molecule has 0 bridgehead atoms. The molecule has 1 aromatic heterocycles. The molecule has 0 fully saturated rings. The van der Waals surface area contributed by atoms with Crippen molar-refractivity contribution in [1.29, 1.82) is 0 Å². The summed E-state index contributed by atoms with van der Waals surface area (Å²) in [5.41, 5.74) is 6.58. The molecule has 0 saturated heterocycles. The lowest BCUT2D eigenvalue weighted by atomic mass is 10.2. The smallest absolute Gasteiger partial charge is 0.319 e. The minimum absolute atomic E-state index is 0. The number of hydrogen-bond acceptors (Lipinski definition) is 5. The highest BCUT2D eigenvalue weighted by atomic mass is 35.5. The molecule has 0 amide bonds. The summed E-state index contributed by atoms with van der Waals surface area (Å²) in [6.07, 6.45) is 0. The standard InChI is InChI=1S/C11H13N3O2.ClH/c1-15-6-7-16-11-13-9-5-3-2-4-8(9)10(12)14-11;/h2-5H,6-7H2,1H3,(H2,12,13,14);1H. The van der Waals surface area contributed by atoms with Crippen molar-refractivity contribution < 1.29 is 9.47 Å². The van der Waals surface area contributed by atoms with Gasteiger partial charge < -0.3 is 15.2 Å². The van der Waals surface area contributed by atoms with E-state index in [1.54, 1.807) is 7.11 Å². The molecule has 1 aromatic carbocycles. The number of nitrogens with zero attached hydrogens (tertiary/aromatic N) is 2. The Labute approximate surface area is 105 Å². The second-order valence-electron chi connectivity index (χ2n) is 3.25. The summed E-state index contributed by atoms with van der Waals surface area (Å²) in [7, 11) is 1.61. The number of aromatic nitrogens is 2. The molecule has 1 heterocycles. The van der Waals surface area contributed by atoms with Crippen LogP contribution >= 0.6 is 12.4 Å². The van der Waals surface area contributed by atoms with E-state index in [0.717, 1.165) is 10.9 Å². The summed E-state index contributed by atoms with van der Waals surface area (Å²) in [5, 5.41) is 0.835. The average molecular weight is 256 g/mol. The first-order valence-electron chi connectivity index (χ1n) is 4.95. The summed E-state index contributed by atoms with van der Waals surface area (Å²) in [5.74, 6) is 0.429. The monoisotopic (exact) mass is 255 g/mol. The molecule has 0 spiro atoms. The van der Waals surface area contributed by atoms with Crippen LogP contribution in [0.4, 0.5) is 5.82 Å². The summed E-state index contributed by atoms with van der Waals surface area (Å²) >= 11 is 0. The van der Waals surface area contributed by atoms with Gasteiger partial charge in [-0.25, -0.2) is 0 Å². The zero-order valence-corrected chi connectivity index (χ0v) is 10.2. The molecule has 0 aliphatic rings. The third-order valence-corrected chi connectivity index (χ3v) is 2.13. The van der Waals surface area contributed by atoms with Crippen molar-refractivity contribution in [3.63, 3.8) is 0 Å². The van der Waals surface area contributed by atoms with Crippen LogP contribution in [0.3, 0.4) is 0 Å². The van der Waals surface area contributed by atoms with Gasteiger partial charge in [-0.15, -0.1) is 12.4 Å². The fourth-order valence-electron chi connectivity index (χ4n) is 1.36. The van der Waals surface area contributed by atoms with Gasteiger partial charge in [0.15, 0.2) is 0 Å². The zero-order valence-electron chi connectivity index (χ0n) is 9.42. The Morgan fingerprint density at radius 1 is 1.18 bits per heavy atom. The van der Waals surface area contributed by atoms with Gasteiger partial charge in [-0.05, 0) is 12.1 Å². The molecule has 92 valence electrons. The van der Waals surface area contributed by atoms with Gasteiger partial charge in [0.2, 0.25) is 0 Å². The van der Waals surface area contributed by atoms with E-state index >= 15 is 0 Å². The van der Waals surface area contributed by atoms with Crippen LogP contribution < -0.4 is 10.5 Å². The highest BCUT2D eigenvalue weighted by Gasteiger charge is 2.04. The third kappa shape index (κ3) is 3.18. The average Bonchev–Trinajstić information content (AvgIpc) is 2.30. The molecular weight excluding hydrogens is 242 g/mol. The minimum Gasteiger partial charge on any atom is -0.461 e. The maximum atomic E-state index is 5.80. The summed E-state index contributed by atoms with van der Waals surface area (Å²) < 4.78 is 10.2. The van der Waals surface area contributed by atoms with Gasteiger partial charge in [0.05, 0.1) is 12.1 Å². The lowest BCUT2D eigenvalue weighted by Gasteiger charge is -2.06. The number of rotatable bonds is 4. The van der Waals surface area contributed by atoms with Gasteiger partial charge in [-0.2, -0.15) is 9.97 Å². The van der Waals surface area contributed by atoms with Gasteiger partial charge in [0.1, 0.15) is 12.4 Å². The number of halogens is 1. The first kappa shape index (κ1) is 13.5. The van der Waals surface area contributed by atoms with Gasteiger partial charge in [-0.3, -0.25) is 0 Å². The van der Waals surface area contributed by atoms with Crippen molar-refractivity contribution in [2.24, 2.45) is 0 Å². The normalized spacial score (nSPS) is 9.94. The first-order chi connectivity index (χ1) is 7.81. The SMILES string of the molecule is COCCOc1nc(N)c2ccccc2n1.Cl. The number of para-hydroxylation sites is 1. The van der Waals surface area contributed by atoms with Crippen molar-refractivity contribution in [3.05, 3.63) is 24.3 Å². The molecule has 0 saturated carbocycles. The molecule has 0 atom stereocenters. The molecule has 17 heavy (non-hydrogen) atoms. The van der Waals surface area contributed by atoms with Crippen LogP contribution in [0.25, 0.3) is 10.9 Å². The number of methoxy groups -OCH3 is 1. The predicted molar refractivity (Wildman–Crippen MR) is 68.6 cm³/mol. The molecule has 0 radical (unpaired) electrons. The lowest BCUT2D eigenvalue weighted by molar-refractivity contribution is 0.141. The molecular formula is C11H14ClN3O2. The molecule has 0 aliphatic carbocycles. The molecule has 0 aliphatic heterocycles. The molecule has 2 rings (SSSR count). The molecule has 2 aromatic rings. The Hall–Kier alpha value is -1.59. The van der Waals surface area contributed by atoms with Gasteiger partial charge >= 0.3 is 6.01 Å². The number of nitrogens with two attached hydrogens (primary N) is 1. The Morgan fingerprint density at radius 2 is 1.94 bits per heavy atom. The maximum Gasteiger partial charge on any atom is 0.319 e. The summed E-state index contributed by atoms with van der Waals surface area (Å²) in [4.78, 5) is 8.30. The van der Waals surface area contributed by atoms with E-state index in [1.165, 1.54) is 0 Å². The Morgan fingerprint density at radius 3 is 2.71 bits per heavy atom. The second-order valence-corrected chi connectivity index (χ2v) is 3.25. The Balaban J connectivity index is 0.00000144. The summed E-state index contributed by atoms with van der Waals surface area (Å²) in [6, 6.07) is 7.83. The topological polar surface area (TPSA) is 70.3 Å². The van der Waals surface area contributed by atoms with Crippen molar-refractivity contribution in [2.45, 2.75) is 0 Å². The van der Waals surface area contributed by atoms with Gasteiger partial charge in [0.25, 0.3) is 0 Å². The van der Waals surface area contributed by atoms with Gasteiger partial charge in [0, 0.05) is 12.5 Å². The Bertz CT molecular complexity index is 493. The fraction of sp³-hybridized carbons (Fsp3) is 0.273. The number of fused-ring (bicyclic) bond motifs is 1. The highest BCUT2D eigenvalue weighted by Crippen LogP contribution is 2.19. The third-order valence-electron chi connectivity index (χ3n) is 2.13. The van der Waals surface area contributed by atoms with E-state index in [0.29, 0.717) is 19.0 Å². The van der Waals surface area contributed by atoms with E-state index in [4.69, 9.17) is 15.2 Å². The van der Waals surface area contributed by atoms with Crippen LogP contribution in [0.1, 0.15) is 0 Å². The van der Waals surface area contributed by atoms with E-state index < -0.39 is 0 Å². The van der Waals surface area contributed by atoms with E-state index in [-0.39, 0.29) is 18.4 Å². The van der Waals surface area contributed by atoms with Crippen molar-refractivity contribution in [3.8, 4) is 6.01 Å². The van der Waals surface area contributed by atoms with E-state index in [1.807, 2.05) is 24.3 Å². The summed E-state index contributed by atoms with van der Waals surface area (Å²) in [6.45, 7) is 0.907.